The van der Waals surface area contributed by atoms with Gasteiger partial charge in [0, 0.05) is 27.7 Å². The predicted octanol–water partition coefficient (Wildman–Crippen LogP) is -1.88. The largest absolute Gasteiger partial charge is 0.394 e. The average Bonchev–Trinajstić information content (AvgIpc) is 2.39. The Labute approximate surface area is 119 Å². The van der Waals surface area contributed by atoms with Gasteiger partial charge >= 0.3 is 0 Å². The summed E-state index contributed by atoms with van der Waals surface area (Å²) in [7, 11) is -0.922. The highest BCUT2D eigenvalue weighted by Crippen LogP contribution is 2.08. The van der Waals surface area contributed by atoms with E-state index in [2.05, 4.69) is 0 Å². The van der Waals surface area contributed by atoms with Crippen molar-refractivity contribution in [3.8, 4) is 0 Å². The van der Waals surface area contributed by atoms with Gasteiger partial charge in [-0.3, -0.25) is 4.21 Å². The summed E-state index contributed by atoms with van der Waals surface area (Å²) in [4.78, 5) is -0.0152. The molecule has 0 bridgehead atoms. The lowest BCUT2D eigenvalue weighted by molar-refractivity contribution is -0.100. The lowest BCUT2D eigenvalue weighted by atomic mass is 10.0. The van der Waals surface area contributed by atoms with Crippen LogP contribution in [0.4, 0.5) is 0 Å². The second kappa shape index (κ2) is 9.65. The van der Waals surface area contributed by atoms with Gasteiger partial charge in [-0.1, -0.05) is 18.3 Å². The fourth-order valence-electron chi connectivity index (χ4n) is 1.22. The second-order valence-electron chi connectivity index (χ2n) is 4.05. The number of aliphatic hydroxyl groups excluding tert-OH is 5. The molecule has 0 aromatic carbocycles. The van der Waals surface area contributed by atoms with Crippen molar-refractivity contribution in [2.45, 2.75) is 30.8 Å². The molecule has 0 spiro atoms. The Bertz CT molecular complexity index is 333. The molecule has 5 N–H and O–H groups in total. The number of hydrogen-bond donors (Lipinski definition) is 5. The van der Waals surface area contributed by atoms with E-state index < -0.39 is 41.8 Å². The van der Waals surface area contributed by atoms with E-state index in [4.69, 9.17) is 22.4 Å². The Hall–Kier alpha value is -0.220. The molecular weight excluding hydrogens is 292 g/mol. The molecular formula is C11H20O6S2. The molecule has 0 saturated heterocycles. The van der Waals surface area contributed by atoms with E-state index in [0.717, 1.165) is 0 Å². The van der Waals surface area contributed by atoms with Crippen LogP contribution in [0, 0.1) is 0 Å². The maximum atomic E-state index is 10.8. The van der Waals surface area contributed by atoms with Crippen molar-refractivity contribution in [3.05, 3.63) is 12.2 Å². The van der Waals surface area contributed by atoms with Crippen LogP contribution < -0.4 is 0 Å². The molecule has 0 aromatic rings. The molecule has 8 heteroatoms. The SMILES string of the molecule is CS(=O)CCC=CC(=S)[C@H](O)[C@@H](O)[C@H](O)[C@H](O)CO. The molecule has 0 amide bonds. The zero-order chi connectivity index (χ0) is 15.0. The molecule has 0 aliphatic carbocycles. The molecule has 0 rings (SSSR count). The van der Waals surface area contributed by atoms with Crippen molar-refractivity contribution in [1.29, 1.82) is 0 Å². The third kappa shape index (κ3) is 7.21. The van der Waals surface area contributed by atoms with Crippen molar-refractivity contribution < 1.29 is 29.7 Å². The van der Waals surface area contributed by atoms with Gasteiger partial charge in [0.15, 0.2) is 0 Å². The molecule has 6 nitrogen and oxygen atoms in total. The minimum absolute atomic E-state index is 0.0152. The maximum Gasteiger partial charge on any atom is 0.117 e. The van der Waals surface area contributed by atoms with Gasteiger partial charge < -0.3 is 25.5 Å². The lowest BCUT2D eigenvalue weighted by Gasteiger charge is -2.25. The zero-order valence-electron chi connectivity index (χ0n) is 10.5. The third-order valence-corrected chi connectivity index (χ3v) is 3.59. The van der Waals surface area contributed by atoms with Gasteiger partial charge in [0.2, 0.25) is 0 Å². The van der Waals surface area contributed by atoms with Crippen LogP contribution in [0.3, 0.4) is 0 Å². The summed E-state index contributed by atoms with van der Waals surface area (Å²) in [5.74, 6) is 0.462. The van der Waals surface area contributed by atoms with Crippen molar-refractivity contribution in [1.82, 2.24) is 0 Å². The van der Waals surface area contributed by atoms with Gasteiger partial charge in [0.1, 0.15) is 24.4 Å². The highest BCUT2D eigenvalue weighted by Gasteiger charge is 2.31. The number of allylic oxidation sites excluding steroid dienone is 1. The summed E-state index contributed by atoms with van der Waals surface area (Å²) < 4.78 is 10.8. The van der Waals surface area contributed by atoms with Gasteiger partial charge in [0.05, 0.1) is 6.61 Å². The number of rotatable bonds is 9. The average molecular weight is 312 g/mol. The van der Waals surface area contributed by atoms with Crippen LogP contribution in [0.15, 0.2) is 12.2 Å². The fraction of sp³-hybridized carbons (Fsp3) is 0.727. The van der Waals surface area contributed by atoms with Crippen LogP contribution in [-0.4, -0.2) is 77.6 Å². The molecule has 0 aliphatic heterocycles. The molecule has 0 fully saturated rings. The Morgan fingerprint density at radius 1 is 1.26 bits per heavy atom. The molecule has 1 unspecified atom stereocenters. The molecule has 0 heterocycles. The maximum absolute atomic E-state index is 10.8. The number of hydrogen-bond acceptors (Lipinski definition) is 7. The van der Waals surface area contributed by atoms with Gasteiger partial charge in [0.25, 0.3) is 0 Å². The molecule has 0 aromatic heterocycles. The molecule has 19 heavy (non-hydrogen) atoms. The van der Waals surface area contributed by atoms with E-state index >= 15 is 0 Å². The second-order valence-corrected chi connectivity index (χ2v) is 6.07. The van der Waals surface area contributed by atoms with E-state index in [-0.39, 0.29) is 4.86 Å². The first kappa shape index (κ1) is 18.8. The Kier molecular flexibility index (Phi) is 9.54. The minimum atomic E-state index is -1.70. The van der Waals surface area contributed by atoms with Crippen LogP contribution in [0.1, 0.15) is 6.42 Å². The first-order valence-electron chi connectivity index (χ1n) is 5.64. The number of aliphatic hydroxyl groups is 5. The monoisotopic (exact) mass is 312 g/mol. The standard InChI is InChI=1S/C11H20O6S2/c1-19(17)5-3-2-4-8(18)10(15)11(16)9(14)7(13)6-12/h2,4,7,9-16H,3,5-6H2,1H3/t7-,9-,10+,11+,19?/m1/s1. The van der Waals surface area contributed by atoms with E-state index in [0.29, 0.717) is 12.2 Å². The smallest absolute Gasteiger partial charge is 0.117 e. The Morgan fingerprint density at radius 3 is 2.32 bits per heavy atom. The molecule has 0 aliphatic rings. The van der Waals surface area contributed by atoms with Crippen molar-refractivity contribution in [2.75, 3.05) is 18.6 Å². The quantitative estimate of drug-likeness (QED) is 0.250. The van der Waals surface area contributed by atoms with Crippen molar-refractivity contribution in [2.24, 2.45) is 0 Å². The third-order valence-electron chi connectivity index (χ3n) is 2.40. The normalized spacial score (nSPS) is 19.9. The molecule has 112 valence electrons. The lowest BCUT2D eigenvalue weighted by Crippen LogP contribution is -2.47. The van der Waals surface area contributed by atoms with Crippen LogP contribution in [0.5, 0.6) is 0 Å². The van der Waals surface area contributed by atoms with Gasteiger partial charge in [-0.05, 0) is 12.5 Å². The van der Waals surface area contributed by atoms with E-state index in [1.807, 2.05) is 0 Å². The first-order valence-corrected chi connectivity index (χ1v) is 7.78. The summed E-state index contributed by atoms with van der Waals surface area (Å²) >= 11 is 4.85. The Balaban J connectivity index is 4.35. The first-order chi connectivity index (χ1) is 8.81. The predicted molar refractivity (Wildman–Crippen MR) is 76.4 cm³/mol. The minimum Gasteiger partial charge on any atom is -0.394 e. The van der Waals surface area contributed by atoms with E-state index in [1.54, 1.807) is 12.3 Å². The van der Waals surface area contributed by atoms with Crippen LogP contribution in [0.2, 0.25) is 0 Å². The topological polar surface area (TPSA) is 118 Å². The number of thiocarbonyl (C=S) groups is 1. The highest BCUT2D eigenvalue weighted by molar-refractivity contribution is 7.84. The summed E-state index contributed by atoms with van der Waals surface area (Å²) in [6.07, 6.45) is -1.42. The fourth-order valence-corrected chi connectivity index (χ4v) is 1.93. The highest BCUT2D eigenvalue weighted by atomic mass is 32.2. The van der Waals surface area contributed by atoms with Gasteiger partial charge in [-0.2, -0.15) is 0 Å². The molecule has 0 saturated carbocycles. The zero-order valence-corrected chi connectivity index (χ0v) is 12.2. The van der Waals surface area contributed by atoms with Crippen LogP contribution in [-0.2, 0) is 10.8 Å². The van der Waals surface area contributed by atoms with E-state index in [1.165, 1.54) is 6.08 Å². The Morgan fingerprint density at radius 2 is 1.84 bits per heavy atom. The summed E-state index contributed by atoms with van der Waals surface area (Å²) in [6.45, 7) is -0.740. The summed E-state index contributed by atoms with van der Waals surface area (Å²) in [6, 6.07) is 0. The van der Waals surface area contributed by atoms with Crippen molar-refractivity contribution in [3.63, 3.8) is 0 Å². The molecule has 5 atom stereocenters. The van der Waals surface area contributed by atoms with Gasteiger partial charge in [-0.15, -0.1) is 0 Å². The van der Waals surface area contributed by atoms with Gasteiger partial charge in [-0.25, -0.2) is 0 Å². The van der Waals surface area contributed by atoms with Crippen LogP contribution in [0.25, 0.3) is 0 Å². The van der Waals surface area contributed by atoms with E-state index in [9.17, 15) is 19.5 Å². The van der Waals surface area contributed by atoms with Crippen molar-refractivity contribution >= 4 is 27.9 Å². The summed E-state index contributed by atoms with van der Waals surface area (Å²) in [5.41, 5.74) is 0. The summed E-state index contributed by atoms with van der Waals surface area (Å²) in [5, 5.41) is 46.4. The van der Waals surface area contributed by atoms with Crippen LogP contribution >= 0.6 is 12.2 Å². The molecule has 0 radical (unpaired) electrons.